The molecule has 4 rings (SSSR count). The Labute approximate surface area is 246 Å². The Morgan fingerprint density at radius 1 is 1.05 bits per heavy atom. The molecule has 0 bridgehead atoms. The van der Waals surface area contributed by atoms with Crippen LogP contribution in [-0.4, -0.2) is 50.7 Å². The van der Waals surface area contributed by atoms with Crippen molar-refractivity contribution in [2.24, 2.45) is 5.92 Å². The molecule has 2 amide bonds. The average molecular weight is 591 g/mol. The van der Waals surface area contributed by atoms with E-state index in [9.17, 15) is 23.6 Å². The molecule has 0 aliphatic heterocycles. The Kier molecular flexibility index (Phi) is 9.12. The van der Waals surface area contributed by atoms with Crippen LogP contribution in [0.2, 0.25) is 0 Å². The maximum atomic E-state index is 13.5. The van der Waals surface area contributed by atoms with E-state index < -0.39 is 53.1 Å². The molecule has 0 aliphatic carbocycles. The van der Waals surface area contributed by atoms with Crippen molar-refractivity contribution >= 4 is 23.6 Å². The van der Waals surface area contributed by atoms with Crippen molar-refractivity contribution in [1.82, 2.24) is 25.1 Å². The summed E-state index contributed by atoms with van der Waals surface area (Å²) >= 11 is 0. The van der Waals surface area contributed by atoms with E-state index in [-0.39, 0.29) is 17.6 Å². The van der Waals surface area contributed by atoms with Gasteiger partial charge < -0.3 is 14.5 Å². The SMILES string of the molecule is COC(=O)Nc1ncc(-c2ccccc2)n(CC(=O)NC(C(=O)c2nnc(C(C)(C)c3ccc(F)cc3)o2)C(C)C)c1=O. The quantitative estimate of drug-likeness (QED) is 0.261. The third-order valence-corrected chi connectivity index (χ3v) is 6.83. The van der Waals surface area contributed by atoms with Crippen molar-refractivity contribution in [2.75, 3.05) is 12.4 Å². The van der Waals surface area contributed by atoms with Crippen LogP contribution in [0.3, 0.4) is 0 Å². The van der Waals surface area contributed by atoms with Gasteiger partial charge in [-0.2, -0.15) is 0 Å². The normalized spacial score (nSPS) is 12.1. The lowest BCUT2D eigenvalue weighted by atomic mass is 9.84. The summed E-state index contributed by atoms with van der Waals surface area (Å²) in [4.78, 5) is 55.8. The lowest BCUT2D eigenvalue weighted by Crippen LogP contribution is -2.46. The lowest BCUT2D eigenvalue weighted by Gasteiger charge is -2.21. The van der Waals surface area contributed by atoms with Gasteiger partial charge in [0.15, 0.2) is 0 Å². The molecule has 2 N–H and O–H groups in total. The van der Waals surface area contributed by atoms with E-state index in [1.165, 1.54) is 18.3 Å². The Hall–Kier alpha value is -5.20. The molecule has 0 fully saturated rings. The first-order valence-electron chi connectivity index (χ1n) is 13.4. The van der Waals surface area contributed by atoms with Gasteiger partial charge in [-0.3, -0.25) is 24.3 Å². The second-order valence-electron chi connectivity index (χ2n) is 10.6. The van der Waals surface area contributed by atoms with Crippen molar-refractivity contribution in [3.8, 4) is 11.3 Å². The van der Waals surface area contributed by atoms with Crippen LogP contribution in [0, 0.1) is 11.7 Å². The number of benzene rings is 2. The number of ketones is 1. The van der Waals surface area contributed by atoms with Gasteiger partial charge in [0.2, 0.25) is 23.4 Å². The smallest absolute Gasteiger partial charge is 0.412 e. The number of nitrogens with zero attached hydrogens (tertiary/aromatic N) is 4. The number of anilines is 1. The third kappa shape index (κ3) is 6.83. The molecule has 2 heterocycles. The van der Waals surface area contributed by atoms with E-state index in [0.717, 1.165) is 11.7 Å². The topological polar surface area (TPSA) is 158 Å². The van der Waals surface area contributed by atoms with E-state index in [0.29, 0.717) is 16.8 Å². The molecule has 0 saturated carbocycles. The maximum absolute atomic E-state index is 13.5. The minimum atomic E-state index is -1.07. The van der Waals surface area contributed by atoms with E-state index in [1.807, 2.05) is 0 Å². The second-order valence-corrected chi connectivity index (χ2v) is 10.6. The highest BCUT2D eigenvalue weighted by Gasteiger charge is 2.34. The van der Waals surface area contributed by atoms with Crippen LogP contribution in [0.1, 0.15) is 49.8 Å². The molecule has 2 aromatic heterocycles. The van der Waals surface area contributed by atoms with Crippen molar-refractivity contribution < 1.29 is 27.9 Å². The van der Waals surface area contributed by atoms with E-state index >= 15 is 0 Å². The molecule has 2 aromatic carbocycles. The molecular formula is C30H31FN6O6. The first-order valence-corrected chi connectivity index (χ1v) is 13.4. The fourth-order valence-corrected chi connectivity index (χ4v) is 4.31. The number of hydrogen-bond donors (Lipinski definition) is 2. The maximum Gasteiger partial charge on any atom is 0.412 e. The first-order chi connectivity index (χ1) is 20.4. The summed E-state index contributed by atoms with van der Waals surface area (Å²) in [5.74, 6) is -2.56. The molecular weight excluding hydrogens is 559 g/mol. The zero-order valence-electron chi connectivity index (χ0n) is 24.3. The zero-order valence-corrected chi connectivity index (χ0v) is 24.3. The van der Waals surface area contributed by atoms with Crippen molar-refractivity contribution in [1.29, 1.82) is 0 Å². The molecule has 12 nitrogen and oxygen atoms in total. The van der Waals surface area contributed by atoms with Crippen LogP contribution < -0.4 is 16.2 Å². The number of Topliss-reactive ketones (excluding diaryl/α,β-unsaturated/α-hetero) is 1. The Morgan fingerprint density at radius 3 is 2.35 bits per heavy atom. The number of hydrogen-bond acceptors (Lipinski definition) is 9. The number of carbonyl (C=O) groups excluding carboxylic acids is 3. The molecule has 1 atom stereocenters. The van der Waals surface area contributed by atoms with Gasteiger partial charge in [-0.05, 0) is 43.0 Å². The highest BCUT2D eigenvalue weighted by molar-refractivity contribution is 5.98. The van der Waals surface area contributed by atoms with Crippen LogP contribution >= 0.6 is 0 Å². The lowest BCUT2D eigenvalue weighted by molar-refractivity contribution is -0.122. The highest BCUT2D eigenvalue weighted by atomic mass is 19.1. The molecule has 0 saturated heterocycles. The Morgan fingerprint density at radius 2 is 1.72 bits per heavy atom. The molecule has 43 heavy (non-hydrogen) atoms. The van der Waals surface area contributed by atoms with Gasteiger partial charge in [0.1, 0.15) is 12.4 Å². The van der Waals surface area contributed by atoms with Gasteiger partial charge in [0.05, 0.1) is 30.5 Å². The van der Waals surface area contributed by atoms with Crippen molar-refractivity contribution in [3.05, 3.63) is 94.3 Å². The molecule has 4 aromatic rings. The van der Waals surface area contributed by atoms with Crippen molar-refractivity contribution in [3.63, 3.8) is 0 Å². The van der Waals surface area contributed by atoms with Gasteiger partial charge in [-0.25, -0.2) is 14.2 Å². The second kappa shape index (κ2) is 12.8. The van der Waals surface area contributed by atoms with Crippen LogP contribution in [0.15, 0.2) is 70.0 Å². The molecule has 0 radical (unpaired) electrons. The molecule has 1 unspecified atom stereocenters. The predicted octanol–water partition coefficient (Wildman–Crippen LogP) is 3.96. The summed E-state index contributed by atoms with van der Waals surface area (Å²) in [5, 5.41) is 12.9. The van der Waals surface area contributed by atoms with Gasteiger partial charge in [0.25, 0.3) is 11.4 Å². The van der Waals surface area contributed by atoms with Crippen LogP contribution in [-0.2, 0) is 21.5 Å². The number of amides is 2. The van der Waals surface area contributed by atoms with Gasteiger partial charge in [-0.1, -0.05) is 56.3 Å². The molecule has 224 valence electrons. The van der Waals surface area contributed by atoms with Crippen LogP contribution in [0.4, 0.5) is 15.0 Å². The summed E-state index contributed by atoms with van der Waals surface area (Å²) in [6.45, 7) is 6.56. The summed E-state index contributed by atoms with van der Waals surface area (Å²) in [5.41, 5.74) is 0.0285. The van der Waals surface area contributed by atoms with E-state index in [1.54, 1.807) is 70.2 Å². The number of aromatic nitrogens is 4. The summed E-state index contributed by atoms with van der Waals surface area (Å²) < 4.78 is 24.9. The highest BCUT2D eigenvalue weighted by Crippen LogP contribution is 2.31. The minimum absolute atomic E-state index is 0.137. The molecule has 13 heteroatoms. The Bertz CT molecular complexity index is 1680. The predicted molar refractivity (Wildman–Crippen MR) is 154 cm³/mol. The Balaban J connectivity index is 1.59. The number of ether oxygens (including phenoxy) is 1. The summed E-state index contributed by atoms with van der Waals surface area (Å²) in [7, 11) is 1.14. The van der Waals surface area contributed by atoms with Gasteiger partial charge in [0, 0.05) is 0 Å². The largest absolute Gasteiger partial charge is 0.453 e. The fraction of sp³-hybridized carbons (Fsp3) is 0.300. The summed E-state index contributed by atoms with van der Waals surface area (Å²) in [6, 6.07) is 13.5. The summed E-state index contributed by atoms with van der Waals surface area (Å²) in [6.07, 6.45) is 0.448. The number of halogens is 1. The molecule has 0 spiro atoms. The number of carbonyl (C=O) groups is 3. The standard InChI is InChI=1S/C30H31FN6O6/c1-17(2)23(24(39)26-35-36-28(43-26)30(3,4)19-11-13-20(31)14-12-19)33-22(38)16-37-21(18-9-7-6-8-10-18)15-32-25(27(37)40)34-29(41)42-5/h6-15,17,23H,16H2,1-5H3,(H,33,38)(H,32,34,41). The van der Waals surface area contributed by atoms with Crippen LogP contribution in [0.5, 0.6) is 0 Å². The number of rotatable bonds is 10. The van der Waals surface area contributed by atoms with Gasteiger partial charge >= 0.3 is 6.09 Å². The van der Waals surface area contributed by atoms with Gasteiger partial charge in [-0.15, -0.1) is 10.2 Å². The third-order valence-electron chi connectivity index (χ3n) is 6.83. The van der Waals surface area contributed by atoms with Crippen molar-refractivity contribution in [2.45, 2.75) is 45.7 Å². The fourth-order valence-electron chi connectivity index (χ4n) is 4.31. The monoisotopic (exact) mass is 590 g/mol. The number of methoxy groups -OCH3 is 1. The van der Waals surface area contributed by atoms with E-state index in [4.69, 9.17) is 4.42 Å². The average Bonchev–Trinajstić information content (AvgIpc) is 3.50. The first kappa shape index (κ1) is 30.8. The van der Waals surface area contributed by atoms with E-state index in [2.05, 4.69) is 30.6 Å². The minimum Gasteiger partial charge on any atom is -0.453 e. The zero-order chi connectivity index (χ0) is 31.3. The van der Waals surface area contributed by atoms with Crippen LogP contribution in [0.25, 0.3) is 11.3 Å². The molecule has 0 aliphatic rings. The number of nitrogens with one attached hydrogen (secondary N) is 2.